The SMILES string of the molecule is Cc1nc(S(=O)(=O)N2CCC(C(=O)NCC(=O)NC3CCCCC3)CC2)cn1C. The van der Waals surface area contributed by atoms with Gasteiger partial charge in [-0.2, -0.15) is 4.31 Å². The maximum Gasteiger partial charge on any atom is 0.262 e. The topological polar surface area (TPSA) is 113 Å². The molecule has 9 nitrogen and oxygen atoms in total. The Morgan fingerprint density at radius 1 is 1.14 bits per heavy atom. The van der Waals surface area contributed by atoms with Crippen molar-refractivity contribution < 1.29 is 18.0 Å². The quantitative estimate of drug-likeness (QED) is 0.696. The van der Waals surface area contributed by atoms with Crippen molar-refractivity contribution in [2.24, 2.45) is 13.0 Å². The van der Waals surface area contributed by atoms with Gasteiger partial charge in [0.1, 0.15) is 5.82 Å². The molecular formula is C19H31N5O4S. The van der Waals surface area contributed by atoms with E-state index in [1.807, 2.05) is 0 Å². The Labute approximate surface area is 172 Å². The second-order valence-electron chi connectivity index (χ2n) is 8.04. The Hall–Kier alpha value is -1.94. The molecule has 1 aliphatic heterocycles. The van der Waals surface area contributed by atoms with Crippen LogP contribution >= 0.6 is 0 Å². The molecule has 10 heteroatoms. The van der Waals surface area contributed by atoms with Crippen LogP contribution < -0.4 is 10.6 Å². The third-order valence-corrected chi connectivity index (χ3v) is 7.68. The molecule has 1 aliphatic carbocycles. The predicted octanol–water partition coefficient (Wildman–Crippen LogP) is 0.694. The van der Waals surface area contributed by atoms with E-state index in [1.54, 1.807) is 18.5 Å². The van der Waals surface area contributed by atoms with Crippen molar-refractivity contribution in [3.63, 3.8) is 0 Å². The largest absolute Gasteiger partial charge is 0.352 e. The lowest BCUT2D eigenvalue weighted by Crippen LogP contribution is -2.46. The zero-order valence-electron chi connectivity index (χ0n) is 17.2. The lowest BCUT2D eigenvalue weighted by Gasteiger charge is -2.30. The molecule has 1 saturated carbocycles. The molecular weight excluding hydrogens is 394 g/mol. The first-order chi connectivity index (χ1) is 13.8. The summed E-state index contributed by atoms with van der Waals surface area (Å²) in [6.45, 7) is 2.26. The molecule has 1 saturated heterocycles. The molecule has 0 bridgehead atoms. The Kier molecular flexibility index (Phi) is 6.94. The monoisotopic (exact) mass is 425 g/mol. The Morgan fingerprint density at radius 3 is 2.38 bits per heavy atom. The Balaban J connectivity index is 1.44. The average Bonchev–Trinajstić information content (AvgIpc) is 3.06. The number of hydrogen-bond acceptors (Lipinski definition) is 5. The fraction of sp³-hybridized carbons (Fsp3) is 0.737. The number of amides is 2. The molecule has 2 amide bonds. The van der Waals surface area contributed by atoms with E-state index in [2.05, 4.69) is 15.6 Å². The summed E-state index contributed by atoms with van der Waals surface area (Å²) in [5.74, 6) is 0.00375. The number of carbonyl (C=O) groups is 2. The number of carbonyl (C=O) groups excluding carboxylic acids is 2. The van der Waals surface area contributed by atoms with Gasteiger partial charge in [-0.1, -0.05) is 19.3 Å². The Morgan fingerprint density at radius 2 is 1.79 bits per heavy atom. The first-order valence-electron chi connectivity index (χ1n) is 10.3. The van der Waals surface area contributed by atoms with Gasteiger partial charge in [0.2, 0.25) is 11.8 Å². The molecule has 2 aliphatic rings. The molecule has 2 N–H and O–H groups in total. The summed E-state index contributed by atoms with van der Waals surface area (Å²) in [6.07, 6.45) is 7.87. The number of nitrogens with one attached hydrogen (secondary N) is 2. The number of aromatic nitrogens is 2. The van der Waals surface area contributed by atoms with Crippen LogP contribution in [-0.2, 0) is 26.7 Å². The number of nitrogens with zero attached hydrogens (tertiary/aromatic N) is 3. The number of sulfonamides is 1. The molecule has 0 spiro atoms. The fourth-order valence-corrected chi connectivity index (χ4v) is 5.47. The van der Waals surface area contributed by atoms with Crippen LogP contribution in [0.1, 0.15) is 50.8 Å². The lowest BCUT2D eigenvalue weighted by molar-refractivity contribution is -0.129. The molecule has 3 rings (SSSR count). The van der Waals surface area contributed by atoms with Crippen molar-refractivity contribution in [2.45, 2.75) is 62.9 Å². The predicted molar refractivity (Wildman–Crippen MR) is 107 cm³/mol. The minimum absolute atomic E-state index is 0.0267. The maximum absolute atomic E-state index is 12.7. The number of imidazole rings is 1. The maximum atomic E-state index is 12.7. The molecule has 0 radical (unpaired) electrons. The normalized spacial score (nSPS) is 19.8. The van der Waals surface area contributed by atoms with Crippen LogP contribution in [0.15, 0.2) is 11.2 Å². The summed E-state index contributed by atoms with van der Waals surface area (Å²) >= 11 is 0. The summed E-state index contributed by atoms with van der Waals surface area (Å²) in [6, 6.07) is 0.219. The molecule has 0 aromatic carbocycles. The van der Waals surface area contributed by atoms with Crippen molar-refractivity contribution in [1.29, 1.82) is 0 Å². The molecule has 0 atom stereocenters. The van der Waals surface area contributed by atoms with Crippen LogP contribution in [0.3, 0.4) is 0 Å². The molecule has 2 heterocycles. The van der Waals surface area contributed by atoms with E-state index >= 15 is 0 Å². The van der Waals surface area contributed by atoms with Gasteiger partial charge in [-0.05, 0) is 32.6 Å². The third kappa shape index (κ3) is 5.36. The number of hydrogen-bond donors (Lipinski definition) is 2. The van der Waals surface area contributed by atoms with Crippen LogP contribution in [0.2, 0.25) is 0 Å². The summed E-state index contributed by atoms with van der Waals surface area (Å²) in [4.78, 5) is 28.6. The number of aryl methyl sites for hydroxylation is 2. The summed E-state index contributed by atoms with van der Waals surface area (Å²) in [5, 5.41) is 5.72. The number of rotatable bonds is 6. The van der Waals surface area contributed by atoms with E-state index in [1.165, 1.54) is 16.9 Å². The van der Waals surface area contributed by atoms with Crippen LogP contribution in [-0.4, -0.2) is 59.8 Å². The molecule has 29 heavy (non-hydrogen) atoms. The molecule has 1 aromatic rings. The van der Waals surface area contributed by atoms with Gasteiger partial charge in [-0.25, -0.2) is 13.4 Å². The fourth-order valence-electron chi connectivity index (χ4n) is 3.98. The van der Waals surface area contributed by atoms with Gasteiger partial charge in [-0.3, -0.25) is 9.59 Å². The van der Waals surface area contributed by atoms with E-state index in [-0.39, 0.29) is 48.4 Å². The van der Waals surface area contributed by atoms with E-state index in [0.29, 0.717) is 18.7 Å². The lowest BCUT2D eigenvalue weighted by atomic mass is 9.95. The van der Waals surface area contributed by atoms with Crippen molar-refractivity contribution in [3.05, 3.63) is 12.0 Å². The Bertz CT molecular complexity index is 817. The van der Waals surface area contributed by atoms with E-state index in [9.17, 15) is 18.0 Å². The highest BCUT2D eigenvalue weighted by Gasteiger charge is 2.33. The van der Waals surface area contributed by atoms with Crippen molar-refractivity contribution in [3.8, 4) is 0 Å². The van der Waals surface area contributed by atoms with Crippen molar-refractivity contribution >= 4 is 21.8 Å². The van der Waals surface area contributed by atoms with E-state index < -0.39 is 10.0 Å². The van der Waals surface area contributed by atoms with E-state index in [4.69, 9.17) is 0 Å². The minimum atomic E-state index is -3.65. The molecule has 2 fully saturated rings. The van der Waals surface area contributed by atoms with Gasteiger partial charge in [0.15, 0.2) is 5.03 Å². The second-order valence-corrected chi connectivity index (χ2v) is 9.92. The highest BCUT2D eigenvalue weighted by Crippen LogP contribution is 2.23. The highest BCUT2D eigenvalue weighted by atomic mass is 32.2. The summed E-state index contributed by atoms with van der Waals surface area (Å²) < 4.78 is 28.5. The number of piperidine rings is 1. The van der Waals surface area contributed by atoms with Crippen LogP contribution in [0, 0.1) is 12.8 Å². The van der Waals surface area contributed by atoms with Gasteiger partial charge in [0.25, 0.3) is 10.0 Å². The second kappa shape index (κ2) is 9.25. The highest BCUT2D eigenvalue weighted by molar-refractivity contribution is 7.89. The van der Waals surface area contributed by atoms with Gasteiger partial charge in [0, 0.05) is 38.3 Å². The summed E-state index contributed by atoms with van der Waals surface area (Å²) in [5.41, 5.74) is 0. The van der Waals surface area contributed by atoms with Crippen LogP contribution in [0.4, 0.5) is 0 Å². The van der Waals surface area contributed by atoms with Crippen molar-refractivity contribution in [2.75, 3.05) is 19.6 Å². The third-order valence-electron chi connectivity index (χ3n) is 5.91. The first-order valence-corrected chi connectivity index (χ1v) is 11.8. The van der Waals surface area contributed by atoms with Gasteiger partial charge in [-0.15, -0.1) is 0 Å². The zero-order chi connectivity index (χ0) is 21.0. The minimum Gasteiger partial charge on any atom is -0.352 e. The first kappa shape index (κ1) is 21.8. The van der Waals surface area contributed by atoms with Crippen molar-refractivity contribution in [1.82, 2.24) is 24.5 Å². The van der Waals surface area contributed by atoms with E-state index in [0.717, 1.165) is 25.7 Å². The molecule has 0 unspecified atom stereocenters. The van der Waals surface area contributed by atoms with Gasteiger partial charge in [0.05, 0.1) is 6.54 Å². The molecule has 162 valence electrons. The van der Waals surface area contributed by atoms with Gasteiger partial charge < -0.3 is 15.2 Å². The summed E-state index contributed by atoms with van der Waals surface area (Å²) in [7, 11) is -1.90. The van der Waals surface area contributed by atoms with Gasteiger partial charge >= 0.3 is 0 Å². The smallest absolute Gasteiger partial charge is 0.262 e. The molecule has 1 aromatic heterocycles. The standard InChI is InChI=1S/C19H31N5O4S/c1-14-21-18(13-23(14)2)29(27,28)24-10-8-15(9-11-24)19(26)20-12-17(25)22-16-6-4-3-5-7-16/h13,15-16H,3-12H2,1-2H3,(H,20,26)(H,22,25). The van der Waals surface area contributed by atoms with Crippen LogP contribution in [0.25, 0.3) is 0 Å². The average molecular weight is 426 g/mol. The van der Waals surface area contributed by atoms with Crippen LogP contribution in [0.5, 0.6) is 0 Å². The zero-order valence-corrected chi connectivity index (χ0v) is 18.0.